The quantitative estimate of drug-likeness (QED) is 0.0268. The Kier molecular flexibility index (Phi) is 32.7. The Hall–Kier alpha value is -1.84. The third kappa shape index (κ3) is 33.8. The number of aliphatic hydroxyl groups excluding tert-OH is 2. The van der Waals surface area contributed by atoms with E-state index in [9.17, 15) is 19.4 Å². The molecule has 3 unspecified atom stereocenters. The molecule has 0 rings (SSSR count). The van der Waals surface area contributed by atoms with Crippen LogP contribution in [0.4, 0.5) is 0 Å². The normalized spacial score (nSPS) is 15.1. The van der Waals surface area contributed by atoms with Crippen LogP contribution < -0.4 is 0 Å². The molecule has 0 aliphatic heterocycles. The van der Waals surface area contributed by atoms with Crippen LogP contribution in [0.5, 0.6) is 0 Å². The molecule has 47 heavy (non-hydrogen) atoms. The van der Waals surface area contributed by atoms with E-state index in [-0.39, 0.29) is 13.0 Å². The molecule has 272 valence electrons. The van der Waals surface area contributed by atoms with Gasteiger partial charge in [-0.3, -0.25) is 13.8 Å². The summed E-state index contributed by atoms with van der Waals surface area (Å²) in [6.45, 7) is 3.27. The lowest BCUT2D eigenvalue weighted by molar-refractivity contribution is -0.154. The van der Waals surface area contributed by atoms with Crippen LogP contribution >= 0.6 is 7.82 Å². The van der Waals surface area contributed by atoms with Crippen LogP contribution in [-0.2, 0) is 27.9 Å². The molecule has 3 N–H and O–H groups in total. The van der Waals surface area contributed by atoms with Gasteiger partial charge in [-0.25, -0.2) is 4.57 Å². The zero-order valence-corrected chi connectivity index (χ0v) is 30.1. The number of aliphatic hydroxyl groups is 2. The van der Waals surface area contributed by atoms with E-state index in [1.54, 1.807) is 0 Å². The van der Waals surface area contributed by atoms with Gasteiger partial charge in [-0.2, -0.15) is 0 Å². The first-order valence-corrected chi connectivity index (χ1v) is 19.3. The van der Waals surface area contributed by atoms with E-state index in [1.165, 1.54) is 38.5 Å². The van der Waals surface area contributed by atoms with Crippen molar-refractivity contribution in [3.8, 4) is 0 Å². The van der Waals surface area contributed by atoms with Crippen molar-refractivity contribution in [1.82, 2.24) is 0 Å². The summed E-state index contributed by atoms with van der Waals surface area (Å²) >= 11 is 0. The van der Waals surface area contributed by atoms with Crippen molar-refractivity contribution in [3.63, 3.8) is 0 Å². The van der Waals surface area contributed by atoms with Crippen molar-refractivity contribution in [3.05, 3.63) is 60.8 Å². The summed E-state index contributed by atoms with van der Waals surface area (Å²) in [5.74, 6) is -0.443. The van der Waals surface area contributed by atoms with Gasteiger partial charge in [0.05, 0.1) is 26.4 Å². The van der Waals surface area contributed by atoms with Crippen molar-refractivity contribution < 1.29 is 43.0 Å². The molecule has 0 aliphatic carbocycles. The minimum atomic E-state index is -4.52. The predicted octanol–water partition coefficient (Wildman–Crippen LogP) is 8.85. The van der Waals surface area contributed by atoms with Crippen LogP contribution in [-0.4, -0.2) is 66.3 Å². The Balaban J connectivity index is 4.38. The number of allylic oxidation sites excluding steroid dienone is 10. The second kappa shape index (κ2) is 34.0. The number of carbonyl (C=O) groups is 1. The molecule has 0 fully saturated rings. The van der Waals surface area contributed by atoms with Gasteiger partial charge in [-0.05, 0) is 51.4 Å². The van der Waals surface area contributed by atoms with E-state index in [2.05, 4.69) is 68.5 Å². The number of esters is 1. The van der Waals surface area contributed by atoms with Crippen LogP contribution in [0.25, 0.3) is 0 Å². The lowest BCUT2D eigenvalue weighted by Crippen LogP contribution is -2.29. The van der Waals surface area contributed by atoms with Gasteiger partial charge in [0.25, 0.3) is 0 Å². The topological polar surface area (TPSA) is 132 Å². The molecule has 0 saturated heterocycles. The lowest BCUT2D eigenvalue weighted by Gasteiger charge is -2.20. The third-order valence-electron chi connectivity index (χ3n) is 6.97. The van der Waals surface area contributed by atoms with Gasteiger partial charge in [-0.15, -0.1) is 0 Å². The standard InChI is InChI=1S/C37H65O9P/c1-3-5-7-9-11-13-14-15-16-17-18-19-20-21-23-25-27-29-37(40)46-36(34-45-47(41,42)44-32-35(39)31-38)33-43-30-28-26-24-22-12-10-8-6-4-2/h5,7,11,13,15-16,18-19,21,23,35-36,38-39H,3-4,6,8-10,12,14,17,20,22,24-34H2,1-2H3,(H,41,42)/b7-5-,13-11-,16-15-,19-18-,23-21-. The number of phosphoric acid groups is 1. The summed E-state index contributed by atoms with van der Waals surface area (Å²) in [5.41, 5.74) is 0. The van der Waals surface area contributed by atoms with E-state index in [0.717, 1.165) is 57.8 Å². The molecule has 0 amide bonds. The van der Waals surface area contributed by atoms with Gasteiger partial charge < -0.3 is 24.6 Å². The Labute approximate surface area is 285 Å². The highest BCUT2D eigenvalue weighted by molar-refractivity contribution is 7.47. The molecular weight excluding hydrogens is 619 g/mol. The smallest absolute Gasteiger partial charge is 0.457 e. The van der Waals surface area contributed by atoms with Crippen molar-refractivity contribution in [2.75, 3.05) is 33.0 Å². The van der Waals surface area contributed by atoms with Gasteiger partial charge in [0, 0.05) is 13.0 Å². The second-order valence-corrected chi connectivity index (χ2v) is 13.0. The highest BCUT2D eigenvalue weighted by Gasteiger charge is 2.26. The van der Waals surface area contributed by atoms with E-state index in [4.69, 9.17) is 23.6 Å². The van der Waals surface area contributed by atoms with Crippen LogP contribution in [0.2, 0.25) is 0 Å². The van der Waals surface area contributed by atoms with Crippen LogP contribution in [0.1, 0.15) is 123 Å². The molecule has 3 atom stereocenters. The minimum absolute atomic E-state index is 0.0246. The number of rotatable bonds is 33. The zero-order chi connectivity index (χ0) is 34.7. The molecule has 0 aromatic carbocycles. The fourth-order valence-electron chi connectivity index (χ4n) is 4.27. The number of hydrogen-bond acceptors (Lipinski definition) is 8. The van der Waals surface area contributed by atoms with Crippen LogP contribution in [0, 0.1) is 0 Å². The number of ether oxygens (including phenoxy) is 2. The van der Waals surface area contributed by atoms with Gasteiger partial charge in [0.15, 0.2) is 0 Å². The molecule has 10 heteroatoms. The summed E-state index contributed by atoms with van der Waals surface area (Å²) in [6, 6.07) is 0. The first kappa shape index (κ1) is 45.2. The molecule has 9 nitrogen and oxygen atoms in total. The monoisotopic (exact) mass is 684 g/mol. The molecule has 0 aromatic heterocycles. The van der Waals surface area contributed by atoms with Gasteiger partial charge in [0.1, 0.15) is 12.2 Å². The maximum Gasteiger partial charge on any atom is 0.472 e. The maximum atomic E-state index is 12.5. The maximum absolute atomic E-state index is 12.5. The van der Waals surface area contributed by atoms with E-state index in [0.29, 0.717) is 13.0 Å². The van der Waals surface area contributed by atoms with Crippen molar-refractivity contribution in [1.29, 1.82) is 0 Å². The average Bonchev–Trinajstić information content (AvgIpc) is 3.06. The van der Waals surface area contributed by atoms with Gasteiger partial charge >= 0.3 is 13.8 Å². The summed E-state index contributed by atoms with van der Waals surface area (Å²) in [6.07, 6.45) is 36.2. The van der Waals surface area contributed by atoms with E-state index in [1.807, 2.05) is 6.08 Å². The van der Waals surface area contributed by atoms with E-state index < -0.39 is 45.8 Å². The molecule has 0 bridgehead atoms. The average molecular weight is 685 g/mol. The minimum Gasteiger partial charge on any atom is -0.457 e. The summed E-state index contributed by atoms with van der Waals surface area (Å²) < 4.78 is 33.0. The zero-order valence-electron chi connectivity index (χ0n) is 29.2. The fourth-order valence-corrected chi connectivity index (χ4v) is 5.06. The van der Waals surface area contributed by atoms with Crippen molar-refractivity contribution in [2.45, 2.75) is 135 Å². The van der Waals surface area contributed by atoms with Gasteiger partial charge in [-0.1, -0.05) is 126 Å². The first-order chi connectivity index (χ1) is 22.8. The fraction of sp³-hybridized carbons (Fsp3) is 0.703. The Bertz CT molecular complexity index is 914. The SMILES string of the molecule is CC/C=C\C/C=C\C/C=C\C/C=C\C/C=C\CCCC(=O)OC(COCCCCCCCCCCC)COP(=O)(O)OCC(O)CO. The molecule has 0 aromatic rings. The Morgan fingerprint density at radius 1 is 0.681 bits per heavy atom. The Morgan fingerprint density at radius 3 is 1.74 bits per heavy atom. The number of phosphoric ester groups is 1. The molecule has 0 spiro atoms. The molecule has 0 aliphatic rings. The summed E-state index contributed by atoms with van der Waals surface area (Å²) in [7, 11) is -4.52. The number of carbonyl (C=O) groups excluding carboxylic acids is 1. The highest BCUT2D eigenvalue weighted by Crippen LogP contribution is 2.43. The third-order valence-corrected chi connectivity index (χ3v) is 7.92. The lowest BCUT2D eigenvalue weighted by atomic mass is 10.1. The first-order valence-electron chi connectivity index (χ1n) is 17.8. The van der Waals surface area contributed by atoms with E-state index >= 15 is 0 Å². The van der Waals surface area contributed by atoms with Crippen LogP contribution in [0.3, 0.4) is 0 Å². The van der Waals surface area contributed by atoms with Crippen molar-refractivity contribution in [2.24, 2.45) is 0 Å². The number of hydrogen-bond donors (Lipinski definition) is 3. The second-order valence-electron chi connectivity index (χ2n) is 11.5. The summed E-state index contributed by atoms with van der Waals surface area (Å²) in [5, 5.41) is 18.2. The molecule has 0 saturated carbocycles. The van der Waals surface area contributed by atoms with Crippen molar-refractivity contribution >= 4 is 13.8 Å². The molecule has 0 radical (unpaired) electrons. The largest absolute Gasteiger partial charge is 0.472 e. The Morgan fingerprint density at radius 2 is 1.19 bits per heavy atom. The van der Waals surface area contributed by atoms with Gasteiger partial charge in [0.2, 0.25) is 0 Å². The highest BCUT2D eigenvalue weighted by atomic mass is 31.2. The van der Waals surface area contributed by atoms with Crippen LogP contribution in [0.15, 0.2) is 60.8 Å². The summed E-state index contributed by atoms with van der Waals surface area (Å²) in [4.78, 5) is 22.4. The molecular formula is C37H65O9P. The predicted molar refractivity (Wildman–Crippen MR) is 191 cm³/mol. The number of unbranched alkanes of at least 4 members (excludes halogenated alkanes) is 9. The molecule has 0 heterocycles.